The highest BCUT2D eigenvalue weighted by Gasteiger charge is 2.38. The fourth-order valence-corrected chi connectivity index (χ4v) is 3.27. The molecule has 168 valence electrons. The Morgan fingerprint density at radius 2 is 1.28 bits per heavy atom. The zero-order chi connectivity index (χ0) is 21.8. The molecule has 1 N–H and O–H groups in total. The van der Waals surface area contributed by atoms with Gasteiger partial charge >= 0.3 is 5.97 Å². The Bertz CT molecular complexity index is 441. The van der Waals surface area contributed by atoms with E-state index < -0.39 is 17.3 Å². The second-order valence-electron chi connectivity index (χ2n) is 7.64. The van der Waals surface area contributed by atoms with Gasteiger partial charge in [-0.3, -0.25) is 4.79 Å². The zero-order valence-corrected chi connectivity index (χ0v) is 18.9. The van der Waals surface area contributed by atoms with Gasteiger partial charge in [0, 0.05) is 0 Å². The van der Waals surface area contributed by atoms with Gasteiger partial charge in [0.05, 0.1) is 49.9 Å². The topological polar surface area (TPSA) is 65.0 Å². The summed E-state index contributed by atoms with van der Waals surface area (Å²) in [4.78, 5) is 12.0. The van der Waals surface area contributed by atoms with E-state index in [0.717, 1.165) is 12.8 Å². The lowest BCUT2D eigenvalue weighted by Gasteiger charge is -2.34. The lowest BCUT2D eigenvalue weighted by Crippen LogP contribution is -2.39. The van der Waals surface area contributed by atoms with Crippen molar-refractivity contribution in [2.75, 3.05) is 19.8 Å². The number of hydrogen-bond donors (Lipinski definition) is 1. The molecule has 1 unspecified atom stereocenters. The van der Waals surface area contributed by atoms with Crippen LogP contribution in [0.1, 0.15) is 79.1 Å². The monoisotopic (exact) mass is 410 g/mol. The van der Waals surface area contributed by atoms with E-state index >= 15 is 0 Å². The van der Waals surface area contributed by atoms with E-state index in [0.29, 0.717) is 32.7 Å². The minimum absolute atomic E-state index is 0.340. The molecular weight excluding hydrogens is 368 g/mol. The number of ether oxygens (including phenoxy) is 3. The van der Waals surface area contributed by atoms with E-state index in [4.69, 9.17) is 14.2 Å². The maximum Gasteiger partial charge on any atom is 0.306 e. The molecule has 0 aliphatic heterocycles. The van der Waals surface area contributed by atoms with Crippen LogP contribution < -0.4 is 0 Å². The molecule has 0 heterocycles. The summed E-state index contributed by atoms with van der Waals surface area (Å²) in [6, 6.07) is 0. The van der Waals surface area contributed by atoms with E-state index in [1.807, 2.05) is 39.0 Å². The normalized spacial score (nSPS) is 15.0. The van der Waals surface area contributed by atoms with Crippen LogP contribution in [0.15, 0.2) is 37.0 Å². The third-order valence-electron chi connectivity index (χ3n) is 4.80. The molecule has 0 saturated carbocycles. The third kappa shape index (κ3) is 13.8. The molecule has 29 heavy (non-hydrogen) atoms. The van der Waals surface area contributed by atoms with Crippen LogP contribution in [0, 0.1) is 11.3 Å². The number of hydrogen-bond acceptors (Lipinski definition) is 4. The predicted octanol–water partition coefficient (Wildman–Crippen LogP) is 6.46. The van der Waals surface area contributed by atoms with Crippen molar-refractivity contribution < 1.29 is 24.1 Å². The molecule has 1 atom stereocenters. The molecule has 5 heteroatoms. The number of carboxylic acid groups (broad SMARTS) is 1. The van der Waals surface area contributed by atoms with Crippen molar-refractivity contribution in [3.05, 3.63) is 37.0 Å². The van der Waals surface area contributed by atoms with Gasteiger partial charge in [0.1, 0.15) is 0 Å². The van der Waals surface area contributed by atoms with Gasteiger partial charge in [-0.05, 0) is 33.6 Å². The van der Waals surface area contributed by atoms with Gasteiger partial charge in [-0.25, -0.2) is 0 Å². The molecule has 0 aliphatic rings. The van der Waals surface area contributed by atoms with Gasteiger partial charge in [-0.1, -0.05) is 63.7 Å². The van der Waals surface area contributed by atoms with Crippen molar-refractivity contribution in [1.29, 1.82) is 0 Å². The van der Waals surface area contributed by atoms with E-state index in [1.54, 1.807) is 18.8 Å². The number of unbranched alkanes of at least 4 members (excludes halogenated alkanes) is 5. The first-order valence-electron chi connectivity index (χ1n) is 11.0. The number of allylic oxidation sites excluding steroid dienone is 3. The standard InChI is InChI=1S/C24H42O5/c1-5-9-10-11-12-13-14-22(23(25)26)18-24(19-27-15-6-2,20-28-16-7-3)21-29-17-8-4/h6-8,15-17,22H,5,9-14,18-21H2,1-4H3,(H,25,26). The first-order chi connectivity index (χ1) is 14.0. The van der Waals surface area contributed by atoms with Gasteiger partial charge in [-0.15, -0.1) is 0 Å². The lowest BCUT2D eigenvalue weighted by molar-refractivity contribution is -0.144. The summed E-state index contributed by atoms with van der Waals surface area (Å²) in [6.45, 7) is 8.86. The maximum absolute atomic E-state index is 12.0. The fraction of sp³-hybridized carbons (Fsp3) is 0.708. The van der Waals surface area contributed by atoms with E-state index in [9.17, 15) is 9.90 Å². The van der Waals surface area contributed by atoms with Crippen molar-refractivity contribution >= 4 is 5.97 Å². The number of aliphatic carboxylic acids is 1. The predicted molar refractivity (Wildman–Crippen MR) is 118 cm³/mol. The first kappa shape index (κ1) is 27.1. The van der Waals surface area contributed by atoms with E-state index in [2.05, 4.69) is 6.92 Å². The van der Waals surface area contributed by atoms with Gasteiger partial charge in [0.15, 0.2) is 0 Å². The summed E-state index contributed by atoms with van der Waals surface area (Å²) in [5.41, 5.74) is -0.552. The number of carboxylic acids is 1. The van der Waals surface area contributed by atoms with Crippen LogP contribution in [-0.2, 0) is 19.0 Å². The van der Waals surface area contributed by atoms with Crippen LogP contribution in [0.25, 0.3) is 0 Å². The smallest absolute Gasteiger partial charge is 0.306 e. The van der Waals surface area contributed by atoms with Gasteiger partial charge < -0.3 is 19.3 Å². The molecule has 0 radical (unpaired) electrons. The summed E-state index contributed by atoms with van der Waals surface area (Å²) >= 11 is 0. The average molecular weight is 411 g/mol. The van der Waals surface area contributed by atoms with Crippen LogP contribution in [0.4, 0.5) is 0 Å². The van der Waals surface area contributed by atoms with Crippen LogP contribution in [0.5, 0.6) is 0 Å². The Morgan fingerprint density at radius 1 is 0.828 bits per heavy atom. The van der Waals surface area contributed by atoms with Crippen molar-refractivity contribution in [1.82, 2.24) is 0 Å². The summed E-state index contributed by atoms with van der Waals surface area (Å²) < 4.78 is 17.0. The number of rotatable bonds is 19. The van der Waals surface area contributed by atoms with Crippen LogP contribution >= 0.6 is 0 Å². The van der Waals surface area contributed by atoms with Crippen LogP contribution in [0.2, 0.25) is 0 Å². The Kier molecular flexibility index (Phi) is 16.9. The van der Waals surface area contributed by atoms with Crippen molar-refractivity contribution in [3.63, 3.8) is 0 Å². The maximum atomic E-state index is 12.0. The lowest BCUT2D eigenvalue weighted by atomic mass is 9.79. The summed E-state index contributed by atoms with van der Waals surface area (Å²) in [5.74, 6) is -1.20. The van der Waals surface area contributed by atoms with Crippen molar-refractivity contribution in [3.8, 4) is 0 Å². The highest BCUT2D eigenvalue weighted by molar-refractivity contribution is 5.70. The molecule has 0 saturated heterocycles. The minimum atomic E-state index is -0.758. The van der Waals surface area contributed by atoms with Crippen LogP contribution in [0.3, 0.4) is 0 Å². The largest absolute Gasteiger partial charge is 0.501 e. The molecular formula is C24H42O5. The Morgan fingerprint density at radius 3 is 1.69 bits per heavy atom. The molecule has 0 aliphatic carbocycles. The SMILES string of the molecule is CC=COCC(COC=CC)(COC=CC)CC(CCCCCCCC)C(=O)O. The first-order valence-corrected chi connectivity index (χ1v) is 11.0. The fourth-order valence-electron chi connectivity index (χ4n) is 3.27. The molecule has 0 amide bonds. The minimum Gasteiger partial charge on any atom is -0.501 e. The number of carbonyl (C=O) groups is 1. The molecule has 0 aromatic rings. The second kappa shape index (κ2) is 18.1. The van der Waals surface area contributed by atoms with Crippen LogP contribution in [-0.4, -0.2) is 30.9 Å². The molecule has 5 nitrogen and oxygen atoms in total. The second-order valence-corrected chi connectivity index (χ2v) is 7.64. The highest BCUT2D eigenvalue weighted by Crippen LogP contribution is 2.32. The van der Waals surface area contributed by atoms with E-state index in [1.165, 1.54) is 25.7 Å². The third-order valence-corrected chi connectivity index (χ3v) is 4.80. The Balaban J connectivity index is 5.16. The van der Waals surface area contributed by atoms with Gasteiger partial charge in [-0.2, -0.15) is 0 Å². The average Bonchev–Trinajstić information content (AvgIpc) is 2.70. The van der Waals surface area contributed by atoms with Crippen molar-refractivity contribution in [2.45, 2.75) is 79.1 Å². The molecule has 0 aromatic carbocycles. The van der Waals surface area contributed by atoms with Crippen molar-refractivity contribution in [2.24, 2.45) is 11.3 Å². The molecule has 0 rings (SSSR count). The molecule has 0 fully saturated rings. The molecule has 0 bridgehead atoms. The Labute approximate surface area is 177 Å². The highest BCUT2D eigenvalue weighted by atomic mass is 16.5. The summed E-state index contributed by atoms with van der Waals surface area (Å²) in [6.07, 6.45) is 18.3. The van der Waals surface area contributed by atoms with Gasteiger partial charge in [0.25, 0.3) is 0 Å². The zero-order valence-electron chi connectivity index (χ0n) is 18.9. The van der Waals surface area contributed by atoms with E-state index in [-0.39, 0.29) is 0 Å². The quantitative estimate of drug-likeness (QED) is 0.195. The Hall–Kier alpha value is -1.91. The van der Waals surface area contributed by atoms with Gasteiger partial charge in [0.2, 0.25) is 0 Å². The summed E-state index contributed by atoms with van der Waals surface area (Å²) in [5, 5.41) is 9.83. The molecule has 0 spiro atoms. The molecule has 0 aromatic heterocycles. The summed E-state index contributed by atoms with van der Waals surface area (Å²) in [7, 11) is 0.